The maximum atomic E-state index is 9.97. The summed E-state index contributed by atoms with van der Waals surface area (Å²) in [6, 6.07) is 0. The van der Waals surface area contributed by atoms with Gasteiger partial charge in [0.15, 0.2) is 0 Å². The molecule has 0 saturated heterocycles. The van der Waals surface area contributed by atoms with Crippen molar-refractivity contribution < 1.29 is 9.53 Å². The van der Waals surface area contributed by atoms with E-state index in [1.54, 1.807) is 0 Å². The van der Waals surface area contributed by atoms with E-state index < -0.39 is 0 Å². The Hall–Kier alpha value is -0.530. The van der Waals surface area contributed by atoms with Gasteiger partial charge in [0.25, 0.3) is 0 Å². The van der Waals surface area contributed by atoms with Crippen LogP contribution in [-0.2, 0) is 9.53 Å². The van der Waals surface area contributed by atoms with Gasteiger partial charge in [-0.1, -0.05) is 71.1 Å². The molecular formula is C16H31O2. The Morgan fingerprint density at radius 1 is 0.833 bits per heavy atom. The first kappa shape index (κ1) is 17.5. The molecule has 0 N–H and O–H groups in total. The van der Waals surface area contributed by atoms with Crippen molar-refractivity contribution in [1.82, 2.24) is 0 Å². The highest BCUT2D eigenvalue weighted by molar-refractivity contribution is 5.38. The largest absolute Gasteiger partial charge is 0.454 e. The number of ether oxygens (including phenoxy) is 1. The van der Waals surface area contributed by atoms with Gasteiger partial charge in [0, 0.05) is 0 Å². The van der Waals surface area contributed by atoms with E-state index >= 15 is 0 Å². The van der Waals surface area contributed by atoms with Crippen LogP contribution in [0, 0.1) is 0 Å². The summed E-state index contributed by atoms with van der Waals surface area (Å²) < 4.78 is 4.73. The third kappa shape index (κ3) is 13.5. The first-order chi connectivity index (χ1) is 8.81. The van der Waals surface area contributed by atoms with E-state index in [-0.39, 0.29) is 6.10 Å². The lowest BCUT2D eigenvalue weighted by atomic mass is 10.0. The minimum atomic E-state index is 0.0427. The van der Waals surface area contributed by atoms with Crippen molar-refractivity contribution in [2.24, 2.45) is 0 Å². The van der Waals surface area contributed by atoms with E-state index in [9.17, 15) is 4.79 Å². The van der Waals surface area contributed by atoms with Gasteiger partial charge in [0.05, 0.1) is 6.10 Å². The molecule has 2 heteroatoms. The lowest BCUT2D eigenvalue weighted by molar-refractivity contribution is 0.181. The summed E-state index contributed by atoms with van der Waals surface area (Å²) in [4.78, 5) is 9.97. The summed E-state index contributed by atoms with van der Waals surface area (Å²) in [7, 11) is 0. The summed E-state index contributed by atoms with van der Waals surface area (Å²) in [5, 5.41) is 0. The maximum absolute atomic E-state index is 9.97. The first-order valence-electron chi connectivity index (χ1n) is 7.84. The molecular weight excluding hydrogens is 224 g/mol. The van der Waals surface area contributed by atoms with Crippen molar-refractivity contribution in [1.29, 1.82) is 0 Å². The van der Waals surface area contributed by atoms with Crippen molar-refractivity contribution in [3.63, 3.8) is 0 Å². The summed E-state index contributed by atoms with van der Waals surface area (Å²) >= 11 is 0. The molecule has 0 aromatic rings. The molecule has 1 unspecified atom stereocenters. The third-order valence-electron chi connectivity index (χ3n) is 3.46. The highest BCUT2D eigenvalue weighted by Gasteiger charge is 2.01. The maximum Gasteiger partial charge on any atom is 0.417 e. The normalized spacial score (nSPS) is 12.3. The van der Waals surface area contributed by atoms with Crippen molar-refractivity contribution in [3.8, 4) is 0 Å². The highest BCUT2D eigenvalue weighted by atomic mass is 16.5. The fourth-order valence-electron chi connectivity index (χ4n) is 2.24. The standard InChI is InChI=1S/C16H31O2/c1-3-4-5-6-7-8-9-10-11-12-13-14-16(2)18-15-17/h16H,3-14H2,1-2H3. The van der Waals surface area contributed by atoms with Crippen LogP contribution in [0.3, 0.4) is 0 Å². The predicted molar refractivity (Wildman–Crippen MR) is 77.3 cm³/mol. The van der Waals surface area contributed by atoms with Gasteiger partial charge in [0.1, 0.15) is 0 Å². The number of hydrogen-bond acceptors (Lipinski definition) is 2. The zero-order valence-corrected chi connectivity index (χ0v) is 12.4. The van der Waals surface area contributed by atoms with E-state index in [1.807, 2.05) is 6.92 Å². The Bertz CT molecular complexity index is 168. The van der Waals surface area contributed by atoms with Crippen LogP contribution < -0.4 is 0 Å². The summed E-state index contributed by atoms with van der Waals surface area (Å²) in [6.07, 6.45) is 15.9. The second kappa shape index (κ2) is 14.5. The topological polar surface area (TPSA) is 26.3 Å². The smallest absolute Gasteiger partial charge is 0.417 e. The number of carbonyl (C=O) groups excluding carboxylic acids is 1. The number of rotatable bonds is 14. The van der Waals surface area contributed by atoms with Crippen LogP contribution in [0.1, 0.15) is 90.9 Å². The zero-order chi connectivity index (χ0) is 13.5. The van der Waals surface area contributed by atoms with E-state index in [4.69, 9.17) is 4.74 Å². The molecule has 0 bridgehead atoms. The zero-order valence-electron chi connectivity index (χ0n) is 12.4. The van der Waals surface area contributed by atoms with Crippen molar-refractivity contribution >= 4 is 6.47 Å². The second-order valence-corrected chi connectivity index (χ2v) is 5.34. The Balaban J connectivity index is 3.00. The Morgan fingerprint density at radius 3 is 1.72 bits per heavy atom. The summed E-state index contributed by atoms with van der Waals surface area (Å²) in [5.41, 5.74) is 0. The van der Waals surface area contributed by atoms with Crippen LogP contribution in [0.25, 0.3) is 0 Å². The molecule has 107 valence electrons. The van der Waals surface area contributed by atoms with Gasteiger partial charge in [-0.05, 0) is 19.8 Å². The molecule has 0 aromatic carbocycles. The minimum absolute atomic E-state index is 0.0427. The quantitative estimate of drug-likeness (QED) is 0.401. The van der Waals surface area contributed by atoms with Crippen molar-refractivity contribution in [3.05, 3.63) is 0 Å². The van der Waals surface area contributed by atoms with E-state index in [0.717, 1.165) is 6.42 Å². The average molecular weight is 255 g/mol. The summed E-state index contributed by atoms with van der Waals surface area (Å²) in [6.45, 7) is 5.70. The lowest BCUT2D eigenvalue weighted by Gasteiger charge is -2.07. The number of hydrogen-bond donors (Lipinski definition) is 0. The SMILES string of the molecule is CCCCCCCCCCCCCC(C)O[C]=O. The minimum Gasteiger partial charge on any atom is -0.454 e. The van der Waals surface area contributed by atoms with Crippen LogP contribution in [0.4, 0.5) is 0 Å². The van der Waals surface area contributed by atoms with E-state index in [2.05, 4.69) is 6.92 Å². The molecule has 0 heterocycles. The van der Waals surface area contributed by atoms with Crippen LogP contribution in [0.5, 0.6) is 0 Å². The van der Waals surface area contributed by atoms with Gasteiger partial charge in [-0.3, -0.25) is 0 Å². The molecule has 0 amide bonds. The first-order valence-corrected chi connectivity index (χ1v) is 7.84. The van der Waals surface area contributed by atoms with Gasteiger partial charge >= 0.3 is 6.47 Å². The van der Waals surface area contributed by atoms with Crippen LogP contribution in [0.2, 0.25) is 0 Å². The molecule has 0 saturated carbocycles. The van der Waals surface area contributed by atoms with Crippen LogP contribution in [0.15, 0.2) is 0 Å². The lowest BCUT2D eigenvalue weighted by Crippen LogP contribution is -2.05. The van der Waals surface area contributed by atoms with Crippen molar-refractivity contribution in [2.75, 3.05) is 0 Å². The van der Waals surface area contributed by atoms with E-state index in [1.165, 1.54) is 77.1 Å². The Kier molecular flexibility index (Phi) is 14.1. The average Bonchev–Trinajstić information content (AvgIpc) is 2.36. The molecule has 0 spiro atoms. The molecule has 0 fully saturated rings. The van der Waals surface area contributed by atoms with Gasteiger partial charge in [-0.25, -0.2) is 4.79 Å². The third-order valence-corrected chi connectivity index (χ3v) is 3.46. The Morgan fingerprint density at radius 2 is 1.28 bits per heavy atom. The molecule has 0 aliphatic heterocycles. The molecule has 0 aliphatic carbocycles. The fraction of sp³-hybridized carbons (Fsp3) is 0.938. The van der Waals surface area contributed by atoms with Gasteiger partial charge < -0.3 is 4.74 Å². The second-order valence-electron chi connectivity index (χ2n) is 5.34. The molecule has 18 heavy (non-hydrogen) atoms. The number of unbranched alkanes of at least 4 members (excludes halogenated alkanes) is 10. The predicted octanol–water partition coefficient (Wildman–Crippen LogP) is 5.16. The molecule has 1 radical (unpaired) electrons. The van der Waals surface area contributed by atoms with Gasteiger partial charge in [-0.15, -0.1) is 0 Å². The van der Waals surface area contributed by atoms with Gasteiger partial charge in [0.2, 0.25) is 0 Å². The molecule has 0 aliphatic rings. The fourth-order valence-corrected chi connectivity index (χ4v) is 2.24. The van der Waals surface area contributed by atoms with Crippen LogP contribution >= 0.6 is 0 Å². The van der Waals surface area contributed by atoms with Crippen molar-refractivity contribution in [2.45, 2.75) is 97.0 Å². The summed E-state index contributed by atoms with van der Waals surface area (Å²) in [5.74, 6) is 0. The van der Waals surface area contributed by atoms with E-state index in [0.29, 0.717) is 0 Å². The van der Waals surface area contributed by atoms with Crippen LogP contribution in [-0.4, -0.2) is 12.6 Å². The molecule has 0 rings (SSSR count). The van der Waals surface area contributed by atoms with Gasteiger partial charge in [-0.2, -0.15) is 0 Å². The monoisotopic (exact) mass is 255 g/mol. The molecule has 0 aromatic heterocycles. The molecule has 1 atom stereocenters. The Labute approximate surface area is 113 Å². The highest BCUT2D eigenvalue weighted by Crippen LogP contribution is 2.12. The molecule has 2 nitrogen and oxygen atoms in total.